The molecule has 0 radical (unpaired) electrons. The van der Waals surface area contributed by atoms with Crippen LogP contribution in [0.2, 0.25) is 0 Å². The zero-order chi connectivity index (χ0) is 14.9. The van der Waals surface area contributed by atoms with Crippen molar-refractivity contribution in [1.82, 2.24) is 10.2 Å². The van der Waals surface area contributed by atoms with Gasteiger partial charge in [0.15, 0.2) is 0 Å². The van der Waals surface area contributed by atoms with Crippen LogP contribution < -0.4 is 5.32 Å². The Balaban J connectivity index is 1.63. The minimum Gasteiger partial charge on any atom is -0.300 e. The van der Waals surface area contributed by atoms with E-state index < -0.39 is 0 Å². The third-order valence-corrected chi connectivity index (χ3v) is 6.61. The molecular weight excluding hydrogens is 282 g/mol. The van der Waals surface area contributed by atoms with Crippen molar-refractivity contribution in [3.8, 4) is 0 Å². The Hall–Kier alpha value is -0.970. The fourth-order valence-electron chi connectivity index (χ4n) is 6.28. The molecule has 1 aromatic heterocycles. The van der Waals surface area contributed by atoms with E-state index in [0.29, 0.717) is 16.0 Å². The number of hydrogen-bond donors (Lipinski definition) is 1. The van der Waals surface area contributed by atoms with Crippen LogP contribution in [0.25, 0.3) is 0 Å². The van der Waals surface area contributed by atoms with Crippen LogP contribution in [0, 0.1) is 29.1 Å². The van der Waals surface area contributed by atoms with Crippen LogP contribution in [-0.4, -0.2) is 16.1 Å². The van der Waals surface area contributed by atoms with Gasteiger partial charge >= 0.3 is 0 Å². The van der Waals surface area contributed by atoms with Gasteiger partial charge in [-0.05, 0) is 62.2 Å². The molecule has 1 aromatic rings. The molecule has 114 valence electrons. The van der Waals surface area contributed by atoms with Gasteiger partial charge in [-0.3, -0.25) is 4.79 Å². The van der Waals surface area contributed by atoms with E-state index >= 15 is 0 Å². The van der Waals surface area contributed by atoms with Crippen molar-refractivity contribution >= 4 is 22.4 Å². The summed E-state index contributed by atoms with van der Waals surface area (Å²) in [6, 6.07) is 0. The summed E-state index contributed by atoms with van der Waals surface area (Å²) >= 11 is 1.46. The lowest BCUT2D eigenvalue weighted by molar-refractivity contribution is -0.165. The molecule has 5 rings (SSSR count). The lowest BCUT2D eigenvalue weighted by Crippen LogP contribution is -2.58. The molecule has 4 saturated carbocycles. The average molecular weight is 305 g/mol. The Morgan fingerprint density at radius 1 is 1.14 bits per heavy atom. The number of carbonyl (C=O) groups excluding carboxylic acids is 1. The highest BCUT2D eigenvalue weighted by atomic mass is 32.1. The van der Waals surface area contributed by atoms with Gasteiger partial charge in [-0.1, -0.05) is 25.2 Å². The van der Waals surface area contributed by atoms with Gasteiger partial charge in [0.05, 0.1) is 5.41 Å². The summed E-state index contributed by atoms with van der Waals surface area (Å²) in [6.45, 7) is 6.71. The SMILES string of the molecule is Cc1nnc(NC(=O)C23CC4C[C@](C)(C2)C[C@](C)(C4)C3)s1. The van der Waals surface area contributed by atoms with Crippen molar-refractivity contribution in [3.63, 3.8) is 0 Å². The molecule has 0 aromatic carbocycles. The van der Waals surface area contributed by atoms with Gasteiger partial charge < -0.3 is 5.32 Å². The first-order chi connectivity index (χ1) is 9.80. The van der Waals surface area contributed by atoms with Crippen molar-refractivity contribution in [3.05, 3.63) is 5.01 Å². The molecule has 1 N–H and O–H groups in total. The highest BCUT2D eigenvalue weighted by Gasteiger charge is 2.62. The molecule has 1 amide bonds. The number of hydrogen-bond acceptors (Lipinski definition) is 4. The van der Waals surface area contributed by atoms with E-state index in [1.54, 1.807) is 0 Å². The number of carbonyl (C=O) groups is 1. The minimum atomic E-state index is -0.164. The summed E-state index contributed by atoms with van der Waals surface area (Å²) < 4.78 is 0. The lowest BCUT2D eigenvalue weighted by Gasteiger charge is -2.64. The average Bonchev–Trinajstić information content (AvgIpc) is 2.69. The van der Waals surface area contributed by atoms with Gasteiger partial charge in [0.2, 0.25) is 11.0 Å². The van der Waals surface area contributed by atoms with E-state index in [-0.39, 0.29) is 11.3 Å². The van der Waals surface area contributed by atoms with Crippen LogP contribution in [-0.2, 0) is 4.79 Å². The van der Waals surface area contributed by atoms with Gasteiger partial charge in [0.1, 0.15) is 5.01 Å². The van der Waals surface area contributed by atoms with Gasteiger partial charge in [0, 0.05) is 0 Å². The van der Waals surface area contributed by atoms with Gasteiger partial charge in [-0.2, -0.15) is 0 Å². The first-order valence-electron chi connectivity index (χ1n) is 7.92. The second-order valence-corrected chi connectivity index (χ2v) is 9.67. The molecule has 4 nitrogen and oxygen atoms in total. The Morgan fingerprint density at radius 3 is 2.33 bits per heavy atom. The fraction of sp³-hybridized carbons (Fsp3) is 0.812. The predicted octanol–water partition coefficient (Wildman–Crippen LogP) is 3.78. The van der Waals surface area contributed by atoms with Crippen LogP contribution in [0.4, 0.5) is 5.13 Å². The molecule has 21 heavy (non-hydrogen) atoms. The predicted molar refractivity (Wildman–Crippen MR) is 83.1 cm³/mol. The number of nitrogens with one attached hydrogen (secondary N) is 1. The Kier molecular flexibility index (Phi) is 2.64. The van der Waals surface area contributed by atoms with Crippen molar-refractivity contribution in [2.45, 2.75) is 59.3 Å². The second-order valence-electron chi connectivity index (χ2n) is 8.49. The molecule has 4 aliphatic rings. The normalized spacial score (nSPS) is 44.0. The Labute approximate surface area is 129 Å². The quantitative estimate of drug-likeness (QED) is 0.904. The molecule has 0 aliphatic heterocycles. The zero-order valence-corrected chi connectivity index (χ0v) is 13.8. The maximum atomic E-state index is 13.0. The first kappa shape index (κ1) is 13.7. The van der Waals surface area contributed by atoms with E-state index in [0.717, 1.165) is 30.2 Å². The van der Waals surface area contributed by atoms with Crippen LogP contribution in [0.3, 0.4) is 0 Å². The monoisotopic (exact) mass is 305 g/mol. The van der Waals surface area contributed by atoms with E-state index in [9.17, 15) is 4.79 Å². The van der Waals surface area contributed by atoms with Crippen LogP contribution in [0.15, 0.2) is 0 Å². The van der Waals surface area contributed by atoms with Crippen molar-refractivity contribution in [2.24, 2.45) is 22.2 Å². The summed E-state index contributed by atoms with van der Waals surface area (Å²) in [5, 5.41) is 12.7. The molecule has 0 spiro atoms. The molecule has 1 heterocycles. The van der Waals surface area contributed by atoms with Gasteiger partial charge in [0.25, 0.3) is 0 Å². The molecule has 0 unspecified atom stereocenters. The fourth-order valence-corrected chi connectivity index (χ4v) is 6.86. The molecule has 4 bridgehead atoms. The van der Waals surface area contributed by atoms with Gasteiger partial charge in [-0.25, -0.2) is 0 Å². The summed E-state index contributed by atoms with van der Waals surface area (Å²) in [5.74, 6) is 0.929. The number of aromatic nitrogens is 2. The maximum Gasteiger partial charge on any atom is 0.232 e. The van der Waals surface area contributed by atoms with Crippen LogP contribution >= 0.6 is 11.3 Å². The Bertz CT molecular complexity index is 592. The number of aryl methyl sites for hydroxylation is 1. The topological polar surface area (TPSA) is 54.9 Å². The number of nitrogens with zero attached hydrogens (tertiary/aromatic N) is 2. The molecule has 4 aliphatic carbocycles. The standard InChI is InChI=1S/C16H23N3OS/c1-10-18-19-13(21-10)17-12(20)16-6-11-4-14(2,8-16)7-15(3,5-11)9-16/h11H,4-9H2,1-3H3,(H,17,19,20)/t11?,14-,15-,16?/m0/s1. The Morgan fingerprint density at radius 2 is 1.81 bits per heavy atom. The van der Waals surface area contributed by atoms with E-state index in [4.69, 9.17) is 0 Å². The zero-order valence-electron chi connectivity index (χ0n) is 13.0. The second kappa shape index (κ2) is 4.06. The molecule has 0 saturated heterocycles. The summed E-state index contributed by atoms with van der Waals surface area (Å²) in [7, 11) is 0. The smallest absolute Gasteiger partial charge is 0.232 e. The summed E-state index contributed by atoms with van der Waals surface area (Å²) in [5.41, 5.74) is 0.563. The molecule has 4 fully saturated rings. The number of amides is 1. The third-order valence-electron chi connectivity index (χ3n) is 5.85. The maximum absolute atomic E-state index is 13.0. The van der Waals surface area contributed by atoms with Crippen molar-refractivity contribution < 1.29 is 4.79 Å². The van der Waals surface area contributed by atoms with Crippen molar-refractivity contribution in [2.75, 3.05) is 5.32 Å². The highest BCUT2D eigenvalue weighted by Crippen LogP contribution is 2.69. The van der Waals surface area contributed by atoms with E-state index in [2.05, 4.69) is 29.4 Å². The van der Waals surface area contributed by atoms with E-state index in [1.807, 2.05) is 6.92 Å². The molecular formula is C16H23N3OS. The summed E-state index contributed by atoms with van der Waals surface area (Å²) in [4.78, 5) is 13.0. The van der Waals surface area contributed by atoms with Crippen LogP contribution in [0.5, 0.6) is 0 Å². The number of rotatable bonds is 2. The first-order valence-corrected chi connectivity index (χ1v) is 8.73. The van der Waals surface area contributed by atoms with Crippen LogP contribution in [0.1, 0.15) is 57.4 Å². The lowest BCUT2D eigenvalue weighted by atomic mass is 9.40. The molecule has 5 heteroatoms. The van der Waals surface area contributed by atoms with Gasteiger partial charge in [-0.15, -0.1) is 10.2 Å². The molecule has 2 atom stereocenters. The van der Waals surface area contributed by atoms with Crippen molar-refractivity contribution in [1.29, 1.82) is 0 Å². The summed E-state index contributed by atoms with van der Waals surface area (Å²) in [6.07, 6.45) is 7.10. The number of anilines is 1. The highest BCUT2D eigenvalue weighted by molar-refractivity contribution is 7.15. The third kappa shape index (κ3) is 2.12. The van der Waals surface area contributed by atoms with E-state index in [1.165, 1.54) is 30.6 Å². The minimum absolute atomic E-state index is 0.164. The largest absolute Gasteiger partial charge is 0.300 e.